The minimum absolute atomic E-state index is 0. The molecule has 142 valence electrons. The van der Waals surface area contributed by atoms with Crippen LogP contribution >= 0.6 is 24.8 Å². The number of benzene rings is 1. The number of halogens is 2. The standard InChI is InChI=1S/C19H24N4O.2ClH/c1-22-11-16-9-20-12-19(16,13-22)18(24)23(2)10-14-7-15-5-3-4-6-17(15)21-8-14;;/h3-8,16,20H,9-13H2,1-2H3;2*1H/t16-,19-;;/m1../s1. The van der Waals surface area contributed by atoms with Crippen molar-refractivity contribution < 1.29 is 4.79 Å². The predicted octanol–water partition coefficient (Wildman–Crippen LogP) is 2.19. The largest absolute Gasteiger partial charge is 0.341 e. The van der Waals surface area contributed by atoms with Gasteiger partial charge in [0.2, 0.25) is 5.91 Å². The van der Waals surface area contributed by atoms with Crippen LogP contribution in [0, 0.1) is 11.3 Å². The monoisotopic (exact) mass is 396 g/mol. The van der Waals surface area contributed by atoms with E-state index in [9.17, 15) is 4.79 Å². The van der Waals surface area contributed by atoms with E-state index in [0.29, 0.717) is 12.5 Å². The first kappa shape index (κ1) is 20.9. The van der Waals surface area contributed by atoms with Gasteiger partial charge in [0.15, 0.2) is 0 Å². The van der Waals surface area contributed by atoms with Gasteiger partial charge in [-0.25, -0.2) is 0 Å². The number of likely N-dealkylation sites (tertiary alicyclic amines) is 1. The first-order valence-electron chi connectivity index (χ1n) is 8.57. The van der Waals surface area contributed by atoms with E-state index in [4.69, 9.17) is 0 Å². The summed E-state index contributed by atoms with van der Waals surface area (Å²) in [5, 5.41) is 4.54. The lowest BCUT2D eigenvalue weighted by molar-refractivity contribution is -0.141. The highest BCUT2D eigenvalue weighted by Gasteiger charge is 2.54. The van der Waals surface area contributed by atoms with E-state index < -0.39 is 0 Å². The molecule has 1 N–H and O–H groups in total. The van der Waals surface area contributed by atoms with Gasteiger partial charge >= 0.3 is 0 Å². The molecule has 0 aliphatic carbocycles. The highest BCUT2D eigenvalue weighted by atomic mass is 35.5. The van der Waals surface area contributed by atoms with Gasteiger partial charge in [0.25, 0.3) is 0 Å². The number of para-hydroxylation sites is 1. The molecule has 26 heavy (non-hydrogen) atoms. The van der Waals surface area contributed by atoms with E-state index in [1.807, 2.05) is 36.3 Å². The van der Waals surface area contributed by atoms with Crippen LogP contribution in [0.3, 0.4) is 0 Å². The molecule has 3 heterocycles. The van der Waals surface area contributed by atoms with Crippen molar-refractivity contribution in [3.63, 3.8) is 0 Å². The third kappa shape index (κ3) is 3.54. The van der Waals surface area contributed by atoms with E-state index >= 15 is 0 Å². The number of hydrogen-bond donors (Lipinski definition) is 1. The summed E-state index contributed by atoms with van der Waals surface area (Å²) in [6.07, 6.45) is 1.88. The van der Waals surface area contributed by atoms with Gasteiger partial charge in [0, 0.05) is 57.3 Å². The molecule has 5 nitrogen and oxygen atoms in total. The minimum atomic E-state index is -0.256. The smallest absolute Gasteiger partial charge is 0.231 e. The van der Waals surface area contributed by atoms with Gasteiger partial charge in [-0.15, -0.1) is 24.8 Å². The number of fused-ring (bicyclic) bond motifs is 2. The lowest BCUT2D eigenvalue weighted by Crippen LogP contribution is -2.47. The number of pyridine rings is 1. The highest BCUT2D eigenvalue weighted by Crippen LogP contribution is 2.40. The van der Waals surface area contributed by atoms with E-state index in [2.05, 4.69) is 34.4 Å². The van der Waals surface area contributed by atoms with E-state index in [0.717, 1.165) is 42.6 Å². The first-order chi connectivity index (χ1) is 11.6. The van der Waals surface area contributed by atoms with Crippen molar-refractivity contribution in [3.8, 4) is 0 Å². The molecule has 2 fully saturated rings. The maximum atomic E-state index is 13.2. The number of carbonyl (C=O) groups excluding carboxylic acids is 1. The lowest BCUT2D eigenvalue weighted by Gasteiger charge is -2.31. The summed E-state index contributed by atoms with van der Waals surface area (Å²) in [5.41, 5.74) is 1.81. The summed E-state index contributed by atoms with van der Waals surface area (Å²) in [4.78, 5) is 21.9. The average molecular weight is 397 g/mol. The quantitative estimate of drug-likeness (QED) is 0.863. The van der Waals surface area contributed by atoms with E-state index in [-0.39, 0.29) is 36.1 Å². The Morgan fingerprint density at radius 1 is 1.38 bits per heavy atom. The van der Waals surface area contributed by atoms with Crippen molar-refractivity contribution in [2.75, 3.05) is 40.3 Å². The topological polar surface area (TPSA) is 48.5 Å². The van der Waals surface area contributed by atoms with E-state index in [1.165, 1.54) is 0 Å². The first-order valence-corrected chi connectivity index (χ1v) is 8.57. The van der Waals surface area contributed by atoms with Crippen LogP contribution in [0.4, 0.5) is 0 Å². The molecule has 4 rings (SSSR count). The summed E-state index contributed by atoms with van der Waals surface area (Å²) in [6.45, 7) is 4.20. The molecular formula is C19H26Cl2N4O. The van der Waals surface area contributed by atoms with Crippen LogP contribution in [0.5, 0.6) is 0 Å². The molecule has 2 atom stereocenters. The van der Waals surface area contributed by atoms with Crippen molar-refractivity contribution in [1.82, 2.24) is 20.1 Å². The summed E-state index contributed by atoms with van der Waals surface area (Å²) >= 11 is 0. The molecule has 1 aromatic carbocycles. The lowest BCUT2D eigenvalue weighted by atomic mass is 9.79. The second-order valence-corrected chi connectivity index (χ2v) is 7.38. The summed E-state index contributed by atoms with van der Waals surface area (Å²) in [5.74, 6) is 0.683. The number of amides is 1. The zero-order valence-electron chi connectivity index (χ0n) is 15.1. The Morgan fingerprint density at radius 3 is 2.96 bits per heavy atom. The molecule has 0 bridgehead atoms. The Balaban J connectivity index is 0.00000121. The van der Waals surface area contributed by atoms with Crippen LogP contribution in [0.15, 0.2) is 36.5 Å². The second-order valence-electron chi connectivity index (χ2n) is 7.38. The molecule has 0 saturated carbocycles. The average Bonchev–Trinajstić information content (AvgIpc) is 3.10. The van der Waals surface area contributed by atoms with Crippen molar-refractivity contribution in [3.05, 3.63) is 42.1 Å². The van der Waals surface area contributed by atoms with Crippen LogP contribution in [0.2, 0.25) is 0 Å². The van der Waals surface area contributed by atoms with Gasteiger partial charge in [-0.1, -0.05) is 18.2 Å². The van der Waals surface area contributed by atoms with Crippen molar-refractivity contribution in [2.45, 2.75) is 6.54 Å². The molecule has 7 heteroatoms. The molecule has 2 aliphatic rings. The van der Waals surface area contributed by atoms with Crippen LogP contribution < -0.4 is 5.32 Å². The molecular weight excluding hydrogens is 371 g/mol. The molecule has 0 spiro atoms. The van der Waals surface area contributed by atoms with Gasteiger partial charge < -0.3 is 15.1 Å². The fraction of sp³-hybridized carbons (Fsp3) is 0.474. The number of nitrogens with one attached hydrogen (secondary N) is 1. The molecule has 2 aromatic rings. The normalized spacial score (nSPS) is 24.6. The minimum Gasteiger partial charge on any atom is -0.341 e. The van der Waals surface area contributed by atoms with Crippen LogP contribution in [0.1, 0.15) is 5.56 Å². The Bertz CT molecular complexity index is 787. The molecule has 2 aliphatic heterocycles. The van der Waals surface area contributed by atoms with Crippen molar-refractivity contribution in [1.29, 1.82) is 0 Å². The molecule has 1 aromatic heterocycles. The fourth-order valence-electron chi connectivity index (χ4n) is 4.40. The Hall–Kier alpha value is -1.40. The second kappa shape index (κ2) is 8.09. The number of hydrogen-bond acceptors (Lipinski definition) is 4. The zero-order chi connectivity index (χ0) is 16.7. The molecule has 0 unspecified atom stereocenters. The third-order valence-corrected chi connectivity index (χ3v) is 5.54. The van der Waals surface area contributed by atoms with Crippen molar-refractivity contribution in [2.24, 2.45) is 11.3 Å². The summed E-state index contributed by atoms with van der Waals surface area (Å²) in [7, 11) is 4.03. The SMILES string of the molecule is CN1C[C@H]2CNC[C@@]2(C(=O)N(C)Cc2cnc3ccccc3c2)C1.Cl.Cl. The van der Waals surface area contributed by atoms with E-state index in [1.54, 1.807) is 0 Å². The zero-order valence-corrected chi connectivity index (χ0v) is 16.8. The highest BCUT2D eigenvalue weighted by molar-refractivity contribution is 5.86. The fourth-order valence-corrected chi connectivity index (χ4v) is 4.40. The van der Waals surface area contributed by atoms with Gasteiger partial charge in [0.05, 0.1) is 10.9 Å². The summed E-state index contributed by atoms with van der Waals surface area (Å²) < 4.78 is 0. The number of aromatic nitrogens is 1. The molecule has 0 radical (unpaired) electrons. The Kier molecular flexibility index (Phi) is 6.51. The third-order valence-electron chi connectivity index (χ3n) is 5.54. The van der Waals surface area contributed by atoms with Crippen LogP contribution in [-0.4, -0.2) is 61.0 Å². The van der Waals surface area contributed by atoms with Gasteiger partial charge in [-0.3, -0.25) is 9.78 Å². The van der Waals surface area contributed by atoms with Crippen molar-refractivity contribution >= 4 is 41.6 Å². The number of carbonyl (C=O) groups is 1. The maximum Gasteiger partial charge on any atom is 0.231 e. The predicted molar refractivity (Wildman–Crippen MR) is 109 cm³/mol. The van der Waals surface area contributed by atoms with Crippen LogP contribution in [-0.2, 0) is 11.3 Å². The Morgan fingerprint density at radius 2 is 2.15 bits per heavy atom. The molecule has 1 amide bonds. The van der Waals surface area contributed by atoms with Crippen LogP contribution in [0.25, 0.3) is 10.9 Å². The maximum absolute atomic E-state index is 13.2. The van der Waals surface area contributed by atoms with Gasteiger partial charge in [-0.2, -0.15) is 0 Å². The number of rotatable bonds is 3. The summed E-state index contributed by atoms with van der Waals surface area (Å²) in [6, 6.07) is 10.2. The van der Waals surface area contributed by atoms with Gasteiger partial charge in [-0.05, 0) is 24.7 Å². The molecule has 2 saturated heterocycles. The Labute approximate surface area is 167 Å². The van der Waals surface area contributed by atoms with Gasteiger partial charge in [0.1, 0.15) is 0 Å². The number of nitrogens with zero attached hydrogens (tertiary/aromatic N) is 3.